The molecule has 0 fully saturated rings. The first kappa shape index (κ1) is 33.0. The molecule has 0 heterocycles. The van der Waals surface area contributed by atoms with Crippen LogP contribution in [0, 0.1) is 10.8 Å². The zero-order chi connectivity index (χ0) is 27.1. The van der Waals surface area contributed by atoms with Crippen LogP contribution < -0.4 is 0 Å². The highest BCUT2D eigenvalue weighted by Crippen LogP contribution is 2.34. The zero-order valence-electron chi connectivity index (χ0n) is 22.9. The monoisotopic (exact) mass is 492 g/mol. The second-order valence-electron chi connectivity index (χ2n) is 10.3. The van der Waals surface area contributed by atoms with Gasteiger partial charge in [0, 0.05) is 0 Å². The Morgan fingerprint density at radius 1 is 0.686 bits per heavy atom. The van der Waals surface area contributed by atoms with Gasteiger partial charge in [0.15, 0.2) is 0 Å². The molecule has 0 aromatic carbocycles. The Bertz CT molecular complexity index is 740. The molecular formula is C29H48O6. The SMILES string of the molecule is CC(=O)C(C/C=C(\C)CCC=C(C)C)(C/C=C(\C)CCC=C(C)C)C(=O)OCC(CO)(CO)CO. The van der Waals surface area contributed by atoms with E-state index in [-0.39, 0.29) is 25.2 Å². The fourth-order valence-corrected chi connectivity index (χ4v) is 3.40. The predicted octanol–water partition coefficient (Wildman–Crippen LogP) is 5.23. The van der Waals surface area contributed by atoms with Gasteiger partial charge in [-0.15, -0.1) is 0 Å². The van der Waals surface area contributed by atoms with Crippen molar-refractivity contribution in [2.24, 2.45) is 10.8 Å². The lowest BCUT2D eigenvalue weighted by Crippen LogP contribution is -2.44. The first-order valence-electron chi connectivity index (χ1n) is 12.5. The van der Waals surface area contributed by atoms with E-state index >= 15 is 0 Å². The van der Waals surface area contributed by atoms with Crippen LogP contribution in [0.4, 0.5) is 0 Å². The maximum absolute atomic E-state index is 13.4. The molecule has 0 spiro atoms. The van der Waals surface area contributed by atoms with Gasteiger partial charge >= 0.3 is 5.97 Å². The number of Topliss-reactive ketones (excluding diaryl/α,β-unsaturated/α-hetero) is 1. The van der Waals surface area contributed by atoms with E-state index in [9.17, 15) is 24.9 Å². The number of aliphatic hydroxyl groups excluding tert-OH is 3. The lowest BCUT2D eigenvalue weighted by Gasteiger charge is -2.31. The van der Waals surface area contributed by atoms with Crippen LogP contribution in [0.1, 0.15) is 87.0 Å². The number of hydrogen-bond acceptors (Lipinski definition) is 6. The molecule has 0 aliphatic carbocycles. The summed E-state index contributed by atoms with van der Waals surface area (Å²) in [4.78, 5) is 26.3. The number of esters is 1. The lowest BCUT2D eigenvalue weighted by molar-refractivity contribution is -0.166. The van der Waals surface area contributed by atoms with Gasteiger partial charge in [-0.3, -0.25) is 9.59 Å². The van der Waals surface area contributed by atoms with Gasteiger partial charge in [-0.1, -0.05) is 46.6 Å². The smallest absolute Gasteiger partial charge is 0.320 e. The molecule has 0 aromatic heterocycles. The molecule has 0 aliphatic rings. The van der Waals surface area contributed by atoms with E-state index in [4.69, 9.17) is 4.74 Å². The summed E-state index contributed by atoms with van der Waals surface area (Å²) in [5, 5.41) is 28.8. The van der Waals surface area contributed by atoms with Crippen LogP contribution in [0.2, 0.25) is 0 Å². The van der Waals surface area contributed by atoms with Crippen molar-refractivity contribution in [3.05, 3.63) is 46.6 Å². The van der Waals surface area contributed by atoms with Crippen molar-refractivity contribution in [1.82, 2.24) is 0 Å². The van der Waals surface area contributed by atoms with E-state index in [0.29, 0.717) is 0 Å². The number of aliphatic hydroxyl groups is 3. The van der Waals surface area contributed by atoms with E-state index in [1.165, 1.54) is 18.1 Å². The third kappa shape index (κ3) is 12.0. The van der Waals surface area contributed by atoms with Gasteiger partial charge in [0.25, 0.3) is 0 Å². The second-order valence-corrected chi connectivity index (χ2v) is 10.3. The summed E-state index contributed by atoms with van der Waals surface area (Å²) in [7, 11) is 0. The molecular weight excluding hydrogens is 444 g/mol. The summed E-state index contributed by atoms with van der Waals surface area (Å²) in [6.45, 7) is 11.6. The first-order valence-corrected chi connectivity index (χ1v) is 12.5. The van der Waals surface area contributed by atoms with Crippen LogP contribution in [-0.4, -0.2) is 53.5 Å². The highest BCUT2D eigenvalue weighted by Gasteiger charge is 2.44. The summed E-state index contributed by atoms with van der Waals surface area (Å²) in [5.74, 6) is -1.00. The highest BCUT2D eigenvalue weighted by atomic mass is 16.5. The van der Waals surface area contributed by atoms with Crippen molar-refractivity contribution in [1.29, 1.82) is 0 Å². The number of carbonyl (C=O) groups excluding carboxylic acids is 2. The quantitative estimate of drug-likeness (QED) is 0.146. The Kier molecular flexibility index (Phi) is 15.7. The molecule has 0 aliphatic heterocycles. The van der Waals surface area contributed by atoms with E-state index in [2.05, 4.69) is 12.2 Å². The number of ether oxygens (including phenoxy) is 1. The summed E-state index contributed by atoms with van der Waals surface area (Å²) in [5.41, 5.74) is 1.88. The fraction of sp³-hybridized carbons (Fsp3) is 0.655. The largest absolute Gasteiger partial charge is 0.464 e. The minimum atomic E-state index is -1.42. The summed E-state index contributed by atoms with van der Waals surface area (Å²) < 4.78 is 5.48. The van der Waals surface area contributed by atoms with Crippen molar-refractivity contribution in [3.63, 3.8) is 0 Å². The summed E-state index contributed by atoms with van der Waals surface area (Å²) in [6, 6.07) is 0. The first-order chi connectivity index (χ1) is 16.4. The standard InChI is InChI=1S/C29H48O6/c1-22(2)10-8-12-24(5)14-16-29(26(7)33,17-15-25(6)13-9-11-23(3)4)27(34)35-21-28(18-30,19-31)20-32/h10-11,14-15,30-32H,8-9,12-13,16-21H2,1-7H3/b24-14+,25-15+. The Morgan fingerprint density at radius 2 is 1.09 bits per heavy atom. The minimum Gasteiger partial charge on any atom is -0.464 e. The van der Waals surface area contributed by atoms with Crippen LogP contribution in [0.25, 0.3) is 0 Å². The third-order valence-corrected chi connectivity index (χ3v) is 6.36. The summed E-state index contributed by atoms with van der Waals surface area (Å²) >= 11 is 0. The van der Waals surface area contributed by atoms with E-state index in [1.807, 2.05) is 53.7 Å². The van der Waals surface area contributed by atoms with Crippen LogP contribution >= 0.6 is 0 Å². The van der Waals surface area contributed by atoms with Gasteiger partial charge in [0.05, 0.1) is 25.2 Å². The van der Waals surface area contributed by atoms with Crippen LogP contribution in [0.15, 0.2) is 46.6 Å². The molecule has 0 saturated carbocycles. The topological polar surface area (TPSA) is 104 Å². The molecule has 6 heteroatoms. The molecule has 0 aromatic rings. The van der Waals surface area contributed by atoms with Crippen LogP contribution in [0.3, 0.4) is 0 Å². The molecule has 0 unspecified atom stereocenters. The molecule has 0 saturated heterocycles. The van der Waals surface area contributed by atoms with Crippen LogP contribution in [-0.2, 0) is 14.3 Å². The predicted molar refractivity (Wildman–Crippen MR) is 142 cm³/mol. The second kappa shape index (κ2) is 16.6. The third-order valence-electron chi connectivity index (χ3n) is 6.36. The van der Waals surface area contributed by atoms with Gasteiger partial charge in [0.2, 0.25) is 0 Å². The molecule has 0 rings (SSSR count). The minimum absolute atomic E-state index is 0.198. The van der Waals surface area contributed by atoms with Gasteiger partial charge in [-0.25, -0.2) is 0 Å². The van der Waals surface area contributed by atoms with Crippen molar-refractivity contribution < 1.29 is 29.6 Å². The Balaban J connectivity index is 5.93. The maximum atomic E-state index is 13.4. The molecule has 0 bridgehead atoms. The average molecular weight is 493 g/mol. The molecule has 0 atom stereocenters. The van der Waals surface area contributed by atoms with Crippen molar-refractivity contribution in [3.8, 4) is 0 Å². The normalized spacial score (nSPS) is 12.9. The Labute approximate surface area is 212 Å². The highest BCUT2D eigenvalue weighted by molar-refractivity contribution is 6.03. The fourth-order valence-electron chi connectivity index (χ4n) is 3.40. The van der Waals surface area contributed by atoms with E-state index in [1.54, 1.807) is 0 Å². The van der Waals surface area contributed by atoms with E-state index in [0.717, 1.165) is 36.8 Å². The maximum Gasteiger partial charge on any atom is 0.320 e. The van der Waals surface area contributed by atoms with Gasteiger partial charge < -0.3 is 20.1 Å². The van der Waals surface area contributed by atoms with Gasteiger partial charge in [0.1, 0.15) is 17.8 Å². The molecule has 0 amide bonds. The lowest BCUT2D eigenvalue weighted by atomic mass is 9.76. The Hall–Kier alpha value is -2.02. The van der Waals surface area contributed by atoms with Gasteiger partial charge in [-0.05, 0) is 87.0 Å². The average Bonchev–Trinajstić information content (AvgIpc) is 2.79. The van der Waals surface area contributed by atoms with Crippen molar-refractivity contribution in [2.45, 2.75) is 87.0 Å². The van der Waals surface area contributed by atoms with Gasteiger partial charge in [-0.2, -0.15) is 0 Å². The molecule has 200 valence electrons. The van der Waals surface area contributed by atoms with Crippen LogP contribution in [0.5, 0.6) is 0 Å². The number of allylic oxidation sites excluding steroid dienone is 8. The molecule has 35 heavy (non-hydrogen) atoms. The molecule has 3 N–H and O–H groups in total. The number of carbonyl (C=O) groups is 2. The number of ketones is 1. The number of rotatable bonds is 17. The van der Waals surface area contributed by atoms with Crippen molar-refractivity contribution >= 4 is 11.8 Å². The zero-order valence-corrected chi connectivity index (χ0v) is 22.9. The summed E-state index contributed by atoms with van der Waals surface area (Å²) in [6.07, 6.45) is 12.0. The number of hydrogen-bond donors (Lipinski definition) is 3. The van der Waals surface area contributed by atoms with E-state index < -0.39 is 36.6 Å². The molecule has 6 nitrogen and oxygen atoms in total. The molecule has 0 radical (unpaired) electrons. The van der Waals surface area contributed by atoms with Crippen molar-refractivity contribution in [2.75, 3.05) is 26.4 Å². The Morgan fingerprint density at radius 3 is 1.40 bits per heavy atom.